The second-order valence-corrected chi connectivity index (χ2v) is 5.43. The van der Waals surface area contributed by atoms with Crippen LogP contribution in [0.4, 0.5) is 4.39 Å². The van der Waals surface area contributed by atoms with Crippen LogP contribution in [0.25, 0.3) is 11.3 Å². The molecule has 0 aliphatic carbocycles. The SMILES string of the molecule is O=C(NCc1ccc(F)cc1)c1noc2c1COc1ccccc1-2. The van der Waals surface area contributed by atoms with E-state index in [4.69, 9.17) is 9.26 Å². The van der Waals surface area contributed by atoms with E-state index >= 15 is 0 Å². The number of aromatic nitrogens is 1. The van der Waals surface area contributed by atoms with Gasteiger partial charge in [-0.2, -0.15) is 0 Å². The fraction of sp³-hybridized carbons (Fsp3) is 0.111. The van der Waals surface area contributed by atoms with E-state index in [-0.39, 0.29) is 30.6 Å². The van der Waals surface area contributed by atoms with Crippen molar-refractivity contribution in [3.05, 3.63) is 71.2 Å². The normalized spacial score (nSPS) is 12.0. The second-order valence-electron chi connectivity index (χ2n) is 5.43. The summed E-state index contributed by atoms with van der Waals surface area (Å²) in [5, 5.41) is 6.65. The number of para-hydroxylation sites is 1. The predicted octanol–water partition coefficient (Wildman–Crippen LogP) is 3.30. The molecular formula is C18H13FN2O3. The molecule has 2 heterocycles. The number of benzene rings is 2. The summed E-state index contributed by atoms with van der Waals surface area (Å²) in [4.78, 5) is 12.4. The molecule has 1 aliphatic heterocycles. The number of nitrogens with zero attached hydrogens (tertiary/aromatic N) is 1. The van der Waals surface area contributed by atoms with E-state index < -0.39 is 0 Å². The molecule has 0 fully saturated rings. The lowest BCUT2D eigenvalue weighted by atomic mass is 10.0. The Balaban J connectivity index is 1.55. The number of nitrogens with one attached hydrogen (secondary N) is 1. The molecule has 2 aromatic carbocycles. The van der Waals surface area contributed by atoms with Crippen LogP contribution in [0.15, 0.2) is 53.1 Å². The van der Waals surface area contributed by atoms with Crippen LogP contribution in [0.2, 0.25) is 0 Å². The first-order valence-corrected chi connectivity index (χ1v) is 7.46. The van der Waals surface area contributed by atoms with Gasteiger partial charge in [0.15, 0.2) is 11.5 Å². The molecule has 0 unspecified atom stereocenters. The van der Waals surface area contributed by atoms with Gasteiger partial charge in [-0.15, -0.1) is 0 Å². The number of halogens is 1. The lowest BCUT2D eigenvalue weighted by molar-refractivity contribution is 0.0940. The maximum Gasteiger partial charge on any atom is 0.274 e. The highest BCUT2D eigenvalue weighted by atomic mass is 19.1. The summed E-state index contributed by atoms with van der Waals surface area (Å²) in [5.41, 5.74) is 2.42. The molecule has 0 atom stereocenters. The molecule has 120 valence electrons. The monoisotopic (exact) mass is 324 g/mol. The zero-order chi connectivity index (χ0) is 16.5. The average Bonchev–Trinajstić information content (AvgIpc) is 3.05. The van der Waals surface area contributed by atoms with Gasteiger partial charge in [0.05, 0.1) is 11.1 Å². The van der Waals surface area contributed by atoms with Gasteiger partial charge in [-0.25, -0.2) is 4.39 Å². The first kappa shape index (κ1) is 14.4. The van der Waals surface area contributed by atoms with Crippen LogP contribution in [0.3, 0.4) is 0 Å². The molecule has 1 N–H and O–H groups in total. The van der Waals surface area contributed by atoms with Crippen LogP contribution in [-0.2, 0) is 13.2 Å². The largest absolute Gasteiger partial charge is 0.488 e. The molecular weight excluding hydrogens is 311 g/mol. The van der Waals surface area contributed by atoms with E-state index in [1.54, 1.807) is 12.1 Å². The number of rotatable bonds is 3. The standard InChI is InChI=1S/C18H13FN2O3/c19-12-7-5-11(6-8-12)9-20-18(22)16-14-10-23-15-4-2-1-3-13(15)17(14)24-21-16/h1-8H,9-10H2,(H,20,22). The van der Waals surface area contributed by atoms with Crippen LogP contribution in [-0.4, -0.2) is 11.1 Å². The highest BCUT2D eigenvalue weighted by molar-refractivity contribution is 5.95. The Bertz CT molecular complexity index is 903. The van der Waals surface area contributed by atoms with Crippen LogP contribution < -0.4 is 10.1 Å². The van der Waals surface area contributed by atoms with Crippen molar-refractivity contribution in [1.82, 2.24) is 10.5 Å². The first-order chi connectivity index (χ1) is 11.7. The van der Waals surface area contributed by atoms with Crippen molar-refractivity contribution in [2.75, 3.05) is 0 Å². The smallest absolute Gasteiger partial charge is 0.274 e. The lowest BCUT2D eigenvalue weighted by Crippen LogP contribution is -2.24. The third kappa shape index (κ3) is 2.52. The van der Waals surface area contributed by atoms with Gasteiger partial charge in [-0.1, -0.05) is 29.4 Å². The van der Waals surface area contributed by atoms with Crippen LogP contribution >= 0.6 is 0 Å². The number of fused-ring (bicyclic) bond motifs is 3. The molecule has 0 bridgehead atoms. The number of hydrogen-bond acceptors (Lipinski definition) is 4. The Morgan fingerprint density at radius 3 is 2.79 bits per heavy atom. The summed E-state index contributed by atoms with van der Waals surface area (Å²) in [7, 11) is 0. The highest BCUT2D eigenvalue weighted by Crippen LogP contribution is 2.38. The molecule has 0 saturated carbocycles. The Hall–Kier alpha value is -3.15. The molecule has 3 aromatic rings. The fourth-order valence-electron chi connectivity index (χ4n) is 2.63. The zero-order valence-electron chi connectivity index (χ0n) is 12.6. The summed E-state index contributed by atoms with van der Waals surface area (Å²) < 4.78 is 23.9. The predicted molar refractivity (Wildman–Crippen MR) is 83.8 cm³/mol. The van der Waals surface area contributed by atoms with Crippen molar-refractivity contribution in [1.29, 1.82) is 0 Å². The summed E-state index contributed by atoms with van der Waals surface area (Å²) in [6.45, 7) is 0.507. The maximum atomic E-state index is 12.9. The number of carbonyl (C=O) groups excluding carboxylic acids is 1. The number of hydrogen-bond donors (Lipinski definition) is 1. The fourth-order valence-corrected chi connectivity index (χ4v) is 2.63. The van der Waals surface area contributed by atoms with E-state index in [1.807, 2.05) is 24.3 Å². The van der Waals surface area contributed by atoms with Crippen LogP contribution in [0.1, 0.15) is 21.6 Å². The quantitative estimate of drug-likeness (QED) is 0.803. The Morgan fingerprint density at radius 2 is 1.96 bits per heavy atom. The van der Waals surface area contributed by atoms with Gasteiger partial charge in [0.2, 0.25) is 0 Å². The number of ether oxygens (including phenoxy) is 1. The van der Waals surface area contributed by atoms with Crippen molar-refractivity contribution in [2.45, 2.75) is 13.2 Å². The third-order valence-electron chi connectivity index (χ3n) is 3.87. The average molecular weight is 324 g/mol. The van der Waals surface area contributed by atoms with Crippen LogP contribution in [0, 0.1) is 5.82 Å². The minimum Gasteiger partial charge on any atom is -0.488 e. The minimum atomic E-state index is -0.354. The highest BCUT2D eigenvalue weighted by Gasteiger charge is 2.28. The first-order valence-electron chi connectivity index (χ1n) is 7.46. The minimum absolute atomic E-state index is 0.210. The summed E-state index contributed by atoms with van der Waals surface area (Å²) in [5.74, 6) is 0.599. The molecule has 6 heteroatoms. The third-order valence-corrected chi connectivity index (χ3v) is 3.87. The lowest BCUT2D eigenvalue weighted by Gasteiger charge is -2.15. The van der Waals surface area contributed by atoms with Crippen molar-refractivity contribution in [3.63, 3.8) is 0 Å². The van der Waals surface area contributed by atoms with Crippen molar-refractivity contribution in [2.24, 2.45) is 0 Å². The van der Waals surface area contributed by atoms with Gasteiger partial charge in [0, 0.05) is 6.54 Å². The van der Waals surface area contributed by atoms with Crippen molar-refractivity contribution < 1.29 is 18.4 Å². The molecule has 4 rings (SSSR count). The summed E-state index contributed by atoms with van der Waals surface area (Å²) in [6, 6.07) is 13.4. The van der Waals surface area contributed by atoms with E-state index in [0.29, 0.717) is 17.1 Å². The maximum absolute atomic E-state index is 12.9. The number of amides is 1. The molecule has 0 spiro atoms. The molecule has 1 amide bonds. The van der Waals surface area contributed by atoms with Gasteiger partial charge < -0.3 is 14.6 Å². The van der Waals surface area contributed by atoms with E-state index in [1.165, 1.54) is 12.1 Å². The van der Waals surface area contributed by atoms with Gasteiger partial charge in [0.1, 0.15) is 18.2 Å². The van der Waals surface area contributed by atoms with E-state index in [9.17, 15) is 9.18 Å². The molecule has 5 nitrogen and oxygen atoms in total. The van der Waals surface area contributed by atoms with Gasteiger partial charge in [0.25, 0.3) is 5.91 Å². The molecule has 0 saturated heterocycles. The van der Waals surface area contributed by atoms with E-state index in [0.717, 1.165) is 11.1 Å². The van der Waals surface area contributed by atoms with Crippen molar-refractivity contribution in [3.8, 4) is 17.1 Å². The van der Waals surface area contributed by atoms with Gasteiger partial charge in [-0.05, 0) is 29.8 Å². The Kier molecular flexibility index (Phi) is 3.49. The van der Waals surface area contributed by atoms with Gasteiger partial charge in [-0.3, -0.25) is 4.79 Å². The van der Waals surface area contributed by atoms with Crippen molar-refractivity contribution >= 4 is 5.91 Å². The van der Waals surface area contributed by atoms with E-state index in [2.05, 4.69) is 10.5 Å². The molecule has 0 radical (unpaired) electrons. The summed E-state index contributed by atoms with van der Waals surface area (Å²) in [6.07, 6.45) is 0. The molecule has 1 aliphatic rings. The van der Waals surface area contributed by atoms with Crippen LogP contribution in [0.5, 0.6) is 5.75 Å². The zero-order valence-corrected chi connectivity index (χ0v) is 12.6. The second kappa shape index (κ2) is 5.81. The Morgan fingerprint density at radius 1 is 1.17 bits per heavy atom. The topological polar surface area (TPSA) is 64.4 Å². The number of carbonyl (C=O) groups is 1. The Labute approximate surface area is 137 Å². The summed E-state index contributed by atoms with van der Waals surface area (Å²) >= 11 is 0. The van der Waals surface area contributed by atoms with Gasteiger partial charge >= 0.3 is 0 Å². The molecule has 1 aromatic heterocycles. The molecule has 24 heavy (non-hydrogen) atoms.